The van der Waals surface area contributed by atoms with Crippen LogP contribution in [-0.2, 0) is 4.79 Å². The number of amides is 1. The number of rotatable bonds is 6. The molecule has 2 unspecified atom stereocenters. The largest absolute Gasteiger partial charge is 0.493 e. The molecule has 2 aliphatic rings. The van der Waals surface area contributed by atoms with Crippen molar-refractivity contribution in [3.8, 4) is 5.75 Å². The Morgan fingerprint density at radius 1 is 1.16 bits per heavy atom. The van der Waals surface area contributed by atoms with Crippen molar-refractivity contribution in [2.24, 2.45) is 0 Å². The SMILES string of the molecule is CN(C(=O)CCOc1ccc(Cl)cc1)C1CCCCC1N1CCCC1. The minimum atomic E-state index is 0.185. The van der Waals surface area contributed by atoms with Crippen molar-refractivity contribution in [3.05, 3.63) is 29.3 Å². The Kier molecular flexibility index (Phi) is 6.60. The highest BCUT2D eigenvalue weighted by atomic mass is 35.5. The van der Waals surface area contributed by atoms with E-state index in [2.05, 4.69) is 4.90 Å². The molecule has 0 bridgehead atoms. The maximum atomic E-state index is 12.7. The lowest BCUT2D eigenvalue weighted by atomic mass is 9.88. The number of hydrogen-bond donors (Lipinski definition) is 0. The van der Waals surface area contributed by atoms with Crippen molar-refractivity contribution in [1.29, 1.82) is 0 Å². The van der Waals surface area contributed by atoms with Crippen LogP contribution in [0.2, 0.25) is 5.02 Å². The Hall–Kier alpha value is -1.26. The van der Waals surface area contributed by atoms with E-state index in [4.69, 9.17) is 16.3 Å². The molecular weight excluding hydrogens is 336 g/mol. The van der Waals surface area contributed by atoms with Crippen molar-refractivity contribution >= 4 is 17.5 Å². The van der Waals surface area contributed by atoms with Crippen molar-refractivity contribution in [3.63, 3.8) is 0 Å². The molecule has 1 aliphatic heterocycles. The average molecular weight is 365 g/mol. The lowest BCUT2D eigenvalue weighted by Gasteiger charge is -2.42. The van der Waals surface area contributed by atoms with Crippen molar-refractivity contribution in [2.45, 2.75) is 57.0 Å². The molecule has 1 aliphatic carbocycles. The second-order valence-corrected chi connectivity index (χ2v) is 7.66. The summed E-state index contributed by atoms with van der Waals surface area (Å²) in [5.41, 5.74) is 0. The van der Waals surface area contributed by atoms with Crippen molar-refractivity contribution in [2.75, 3.05) is 26.7 Å². The molecule has 1 amide bonds. The maximum Gasteiger partial charge on any atom is 0.226 e. The van der Waals surface area contributed by atoms with E-state index in [1.54, 1.807) is 12.1 Å². The Balaban J connectivity index is 1.50. The van der Waals surface area contributed by atoms with Crippen LogP contribution in [0.4, 0.5) is 0 Å². The fraction of sp³-hybridized carbons (Fsp3) is 0.650. The number of benzene rings is 1. The highest BCUT2D eigenvalue weighted by molar-refractivity contribution is 6.30. The minimum absolute atomic E-state index is 0.185. The van der Waals surface area contributed by atoms with Crippen molar-refractivity contribution < 1.29 is 9.53 Å². The fourth-order valence-electron chi connectivity index (χ4n) is 4.19. The number of nitrogens with zero attached hydrogens (tertiary/aromatic N) is 2. The third-order valence-corrected chi connectivity index (χ3v) is 5.84. The summed E-state index contributed by atoms with van der Waals surface area (Å²) in [5, 5.41) is 0.688. The first-order chi connectivity index (χ1) is 12.1. The predicted molar refractivity (Wildman–Crippen MR) is 101 cm³/mol. The quantitative estimate of drug-likeness (QED) is 0.765. The first-order valence-corrected chi connectivity index (χ1v) is 9.91. The summed E-state index contributed by atoms with van der Waals surface area (Å²) in [5.74, 6) is 0.942. The standard InChI is InChI=1S/C20H29ClN2O2/c1-22(18-6-2-3-7-19(18)23-13-4-5-14-23)20(24)12-15-25-17-10-8-16(21)9-11-17/h8-11,18-19H,2-7,12-15H2,1H3. The number of carbonyl (C=O) groups excluding carboxylic acids is 1. The summed E-state index contributed by atoms with van der Waals surface area (Å²) < 4.78 is 5.68. The normalized spacial score (nSPS) is 24.2. The molecule has 1 aromatic carbocycles. The molecule has 0 N–H and O–H groups in total. The van der Waals surface area contributed by atoms with E-state index >= 15 is 0 Å². The highest BCUT2D eigenvalue weighted by Gasteiger charge is 2.35. The Morgan fingerprint density at radius 3 is 2.56 bits per heavy atom. The molecule has 25 heavy (non-hydrogen) atoms. The summed E-state index contributed by atoms with van der Waals surface area (Å²) in [6, 6.07) is 8.17. The van der Waals surface area contributed by atoms with Crippen LogP contribution in [0.5, 0.6) is 5.75 Å². The van der Waals surface area contributed by atoms with Crippen LogP contribution >= 0.6 is 11.6 Å². The second-order valence-electron chi connectivity index (χ2n) is 7.22. The van der Waals surface area contributed by atoms with Gasteiger partial charge in [-0.1, -0.05) is 24.4 Å². The molecular formula is C20H29ClN2O2. The molecule has 2 atom stereocenters. The van der Waals surface area contributed by atoms with E-state index in [0.717, 1.165) is 12.2 Å². The average Bonchev–Trinajstić information content (AvgIpc) is 3.17. The molecule has 138 valence electrons. The highest BCUT2D eigenvalue weighted by Crippen LogP contribution is 2.29. The Labute approximate surface area is 156 Å². The molecule has 3 rings (SSSR count). The lowest BCUT2D eigenvalue weighted by Crippen LogP contribution is -2.53. The van der Waals surface area contributed by atoms with Gasteiger partial charge in [0.05, 0.1) is 13.0 Å². The molecule has 5 heteroatoms. The number of likely N-dealkylation sites (N-methyl/N-ethyl adjacent to an activating group) is 1. The van der Waals surface area contributed by atoms with Gasteiger partial charge in [0, 0.05) is 24.2 Å². The zero-order chi connectivity index (χ0) is 17.6. The van der Waals surface area contributed by atoms with Gasteiger partial charge in [-0.2, -0.15) is 0 Å². The van der Waals surface area contributed by atoms with E-state index in [9.17, 15) is 4.79 Å². The zero-order valence-electron chi connectivity index (χ0n) is 15.1. The van der Waals surface area contributed by atoms with Crippen LogP contribution in [0.3, 0.4) is 0 Å². The van der Waals surface area contributed by atoms with Crippen LogP contribution in [-0.4, -0.2) is 54.5 Å². The molecule has 1 saturated carbocycles. The molecule has 2 fully saturated rings. The first-order valence-electron chi connectivity index (χ1n) is 9.53. The second kappa shape index (κ2) is 8.91. The first kappa shape index (κ1) is 18.5. The predicted octanol–water partition coefficient (Wildman–Crippen LogP) is 3.97. The van der Waals surface area contributed by atoms with Crippen molar-refractivity contribution in [1.82, 2.24) is 9.80 Å². The van der Waals surface area contributed by atoms with Gasteiger partial charge in [0.25, 0.3) is 0 Å². The van der Waals surface area contributed by atoms with E-state index in [0.29, 0.717) is 30.1 Å². The topological polar surface area (TPSA) is 32.8 Å². The molecule has 1 saturated heterocycles. The Morgan fingerprint density at radius 2 is 1.84 bits per heavy atom. The summed E-state index contributed by atoms with van der Waals surface area (Å²) in [6.45, 7) is 2.80. The van der Waals surface area contributed by atoms with Gasteiger partial charge in [-0.25, -0.2) is 0 Å². The van der Waals surface area contributed by atoms with E-state index in [1.807, 2.05) is 24.1 Å². The summed E-state index contributed by atoms with van der Waals surface area (Å²) in [7, 11) is 1.98. The Bertz CT molecular complexity index is 557. The lowest BCUT2D eigenvalue weighted by molar-refractivity contribution is -0.134. The summed E-state index contributed by atoms with van der Waals surface area (Å²) in [4.78, 5) is 17.3. The summed E-state index contributed by atoms with van der Waals surface area (Å²) >= 11 is 5.87. The number of likely N-dealkylation sites (tertiary alicyclic amines) is 1. The van der Waals surface area contributed by atoms with Crippen LogP contribution in [0, 0.1) is 0 Å². The van der Waals surface area contributed by atoms with Gasteiger partial charge in [-0.15, -0.1) is 0 Å². The van der Waals surface area contributed by atoms with E-state index < -0.39 is 0 Å². The van der Waals surface area contributed by atoms with Crippen LogP contribution in [0.25, 0.3) is 0 Å². The molecule has 4 nitrogen and oxygen atoms in total. The van der Waals surface area contributed by atoms with Crippen LogP contribution in [0.15, 0.2) is 24.3 Å². The zero-order valence-corrected chi connectivity index (χ0v) is 15.9. The number of carbonyl (C=O) groups is 1. The summed E-state index contributed by atoms with van der Waals surface area (Å²) in [6.07, 6.45) is 7.90. The van der Waals surface area contributed by atoms with Gasteiger partial charge >= 0.3 is 0 Å². The van der Waals surface area contributed by atoms with Crippen LogP contribution in [0.1, 0.15) is 44.9 Å². The fourth-order valence-corrected chi connectivity index (χ4v) is 4.32. The van der Waals surface area contributed by atoms with Gasteiger partial charge in [-0.3, -0.25) is 9.69 Å². The van der Waals surface area contributed by atoms with Gasteiger partial charge in [0.2, 0.25) is 5.91 Å². The van der Waals surface area contributed by atoms with E-state index in [-0.39, 0.29) is 5.91 Å². The smallest absolute Gasteiger partial charge is 0.226 e. The third-order valence-electron chi connectivity index (χ3n) is 5.59. The number of ether oxygens (including phenoxy) is 1. The van der Waals surface area contributed by atoms with Gasteiger partial charge < -0.3 is 9.64 Å². The minimum Gasteiger partial charge on any atom is -0.493 e. The van der Waals surface area contributed by atoms with Crippen LogP contribution < -0.4 is 4.74 Å². The molecule has 1 heterocycles. The monoisotopic (exact) mass is 364 g/mol. The number of hydrogen-bond acceptors (Lipinski definition) is 3. The van der Waals surface area contributed by atoms with Gasteiger partial charge in [0.15, 0.2) is 0 Å². The van der Waals surface area contributed by atoms with Gasteiger partial charge in [0.1, 0.15) is 5.75 Å². The third kappa shape index (κ3) is 4.89. The van der Waals surface area contributed by atoms with Gasteiger partial charge in [-0.05, 0) is 63.0 Å². The van der Waals surface area contributed by atoms with E-state index in [1.165, 1.54) is 45.2 Å². The molecule has 0 aromatic heterocycles. The molecule has 0 radical (unpaired) electrons. The molecule has 0 spiro atoms. The maximum absolute atomic E-state index is 12.7. The number of halogens is 1. The molecule has 1 aromatic rings.